The zero-order chi connectivity index (χ0) is 12.7. The normalized spacial score (nSPS) is 12.5. The highest BCUT2D eigenvalue weighted by Crippen LogP contribution is 2.28. The summed E-state index contributed by atoms with van der Waals surface area (Å²) in [7, 11) is 1.79. The summed E-state index contributed by atoms with van der Waals surface area (Å²) in [5.41, 5.74) is 0.759. The first-order chi connectivity index (χ1) is 8.22. The van der Waals surface area contributed by atoms with Gasteiger partial charge in [0.2, 0.25) is 0 Å². The van der Waals surface area contributed by atoms with Crippen molar-refractivity contribution in [2.75, 3.05) is 20.3 Å². The van der Waals surface area contributed by atoms with Crippen molar-refractivity contribution in [2.24, 2.45) is 0 Å². The summed E-state index contributed by atoms with van der Waals surface area (Å²) in [4.78, 5) is 0. The Bertz CT molecular complexity index is 344. The first kappa shape index (κ1) is 13.9. The lowest BCUT2D eigenvalue weighted by Crippen LogP contribution is -2.19. The van der Waals surface area contributed by atoms with E-state index in [0.29, 0.717) is 18.8 Å². The highest BCUT2D eigenvalue weighted by Gasteiger charge is 2.15. The minimum Gasteiger partial charge on any atom is -0.493 e. The first-order valence-corrected chi connectivity index (χ1v) is 5.93. The van der Waals surface area contributed by atoms with Gasteiger partial charge in [-0.1, -0.05) is 6.92 Å². The molecule has 4 heteroatoms. The van der Waals surface area contributed by atoms with Gasteiger partial charge in [0.15, 0.2) is 0 Å². The summed E-state index contributed by atoms with van der Waals surface area (Å²) < 4.78 is 18.8. The molecule has 2 N–H and O–H groups in total. The highest BCUT2D eigenvalue weighted by molar-refractivity contribution is 5.36. The molecule has 1 atom stereocenters. The van der Waals surface area contributed by atoms with E-state index in [2.05, 4.69) is 5.32 Å². The molecule has 0 spiro atoms. The second-order valence-electron chi connectivity index (χ2n) is 3.88. The third-order valence-electron chi connectivity index (χ3n) is 2.58. The molecule has 0 saturated carbocycles. The minimum absolute atomic E-state index is 0.0508. The third kappa shape index (κ3) is 3.98. The number of ether oxygens (including phenoxy) is 1. The lowest BCUT2D eigenvalue weighted by Gasteiger charge is -2.19. The number of hydrogen-bond acceptors (Lipinski definition) is 3. The maximum Gasteiger partial charge on any atom is 0.124 e. The van der Waals surface area contributed by atoms with Gasteiger partial charge >= 0.3 is 0 Å². The summed E-state index contributed by atoms with van der Waals surface area (Å²) in [6, 6.07) is 4.40. The number of aliphatic hydroxyl groups is 1. The standard InChI is InChI=1S/C13H20FNO2/c1-3-8-17-13-5-4-10(14)9-11(13)12(15-2)6-7-16/h4-5,9,12,15-16H,3,6-8H2,1-2H3. The Kier molecular flexibility index (Phi) is 5.94. The van der Waals surface area contributed by atoms with Gasteiger partial charge in [0.05, 0.1) is 6.61 Å². The van der Waals surface area contributed by atoms with E-state index >= 15 is 0 Å². The van der Waals surface area contributed by atoms with Gasteiger partial charge in [-0.25, -0.2) is 4.39 Å². The SMILES string of the molecule is CCCOc1ccc(F)cc1C(CCO)NC. The van der Waals surface area contributed by atoms with Crippen LogP contribution in [0, 0.1) is 5.82 Å². The number of hydrogen-bond donors (Lipinski definition) is 2. The fourth-order valence-electron chi connectivity index (χ4n) is 1.72. The maximum absolute atomic E-state index is 13.3. The molecule has 0 bridgehead atoms. The van der Waals surface area contributed by atoms with Crippen molar-refractivity contribution in [3.63, 3.8) is 0 Å². The van der Waals surface area contributed by atoms with Crippen LogP contribution in [0.1, 0.15) is 31.4 Å². The molecule has 3 nitrogen and oxygen atoms in total. The Hall–Kier alpha value is -1.13. The summed E-state index contributed by atoms with van der Waals surface area (Å²) in [6.07, 6.45) is 1.43. The minimum atomic E-state index is -0.290. The number of aliphatic hydroxyl groups excluding tert-OH is 1. The van der Waals surface area contributed by atoms with Crippen LogP contribution in [-0.4, -0.2) is 25.4 Å². The third-order valence-corrected chi connectivity index (χ3v) is 2.58. The summed E-state index contributed by atoms with van der Waals surface area (Å²) >= 11 is 0. The molecule has 1 unspecified atom stereocenters. The van der Waals surface area contributed by atoms with Crippen LogP contribution >= 0.6 is 0 Å². The van der Waals surface area contributed by atoms with Crippen LogP contribution in [-0.2, 0) is 0 Å². The van der Waals surface area contributed by atoms with Gasteiger partial charge in [-0.3, -0.25) is 0 Å². The average Bonchev–Trinajstić information content (AvgIpc) is 2.34. The summed E-state index contributed by atoms with van der Waals surface area (Å²) in [5, 5.41) is 12.0. The lowest BCUT2D eigenvalue weighted by molar-refractivity contribution is 0.263. The topological polar surface area (TPSA) is 41.5 Å². The molecule has 96 valence electrons. The predicted octanol–water partition coefficient (Wildman–Crippen LogP) is 2.26. The van der Waals surface area contributed by atoms with Crippen molar-refractivity contribution >= 4 is 0 Å². The molecule has 0 amide bonds. The lowest BCUT2D eigenvalue weighted by atomic mass is 10.0. The molecule has 0 aliphatic rings. The zero-order valence-corrected chi connectivity index (χ0v) is 10.4. The average molecular weight is 241 g/mol. The van der Waals surface area contributed by atoms with E-state index < -0.39 is 0 Å². The maximum atomic E-state index is 13.3. The Labute approximate surface area is 102 Å². The van der Waals surface area contributed by atoms with Crippen molar-refractivity contribution in [1.29, 1.82) is 0 Å². The number of halogens is 1. The molecule has 0 radical (unpaired) electrons. The fraction of sp³-hybridized carbons (Fsp3) is 0.538. The van der Waals surface area contributed by atoms with Gasteiger partial charge in [-0.2, -0.15) is 0 Å². The van der Waals surface area contributed by atoms with Crippen LogP contribution in [0.3, 0.4) is 0 Å². The van der Waals surface area contributed by atoms with Crippen LogP contribution in [0.25, 0.3) is 0 Å². The summed E-state index contributed by atoms with van der Waals surface area (Å²) in [5.74, 6) is 0.392. The van der Waals surface area contributed by atoms with Crippen molar-refractivity contribution in [3.8, 4) is 5.75 Å². The molecule has 0 aromatic heterocycles. The molecular weight excluding hydrogens is 221 g/mol. The monoisotopic (exact) mass is 241 g/mol. The van der Waals surface area contributed by atoms with Crippen molar-refractivity contribution < 1.29 is 14.2 Å². The molecule has 1 aromatic rings. The van der Waals surface area contributed by atoms with Crippen molar-refractivity contribution in [3.05, 3.63) is 29.6 Å². The van der Waals surface area contributed by atoms with E-state index in [0.717, 1.165) is 12.0 Å². The molecular formula is C13H20FNO2. The van der Waals surface area contributed by atoms with Crippen LogP contribution in [0.15, 0.2) is 18.2 Å². The van der Waals surface area contributed by atoms with E-state index in [1.807, 2.05) is 6.92 Å². The van der Waals surface area contributed by atoms with E-state index in [4.69, 9.17) is 9.84 Å². The number of rotatable bonds is 7. The van der Waals surface area contributed by atoms with Gasteiger partial charge < -0.3 is 15.2 Å². The highest BCUT2D eigenvalue weighted by atomic mass is 19.1. The second kappa shape index (κ2) is 7.25. The van der Waals surface area contributed by atoms with E-state index in [-0.39, 0.29) is 18.5 Å². The van der Waals surface area contributed by atoms with Gasteiger partial charge in [-0.15, -0.1) is 0 Å². The van der Waals surface area contributed by atoms with Gasteiger partial charge in [-0.05, 0) is 38.1 Å². The van der Waals surface area contributed by atoms with E-state index in [9.17, 15) is 4.39 Å². The van der Waals surface area contributed by atoms with Crippen LogP contribution < -0.4 is 10.1 Å². The largest absolute Gasteiger partial charge is 0.493 e. The Morgan fingerprint density at radius 1 is 1.47 bits per heavy atom. The number of benzene rings is 1. The summed E-state index contributed by atoms with van der Waals surface area (Å²) in [6.45, 7) is 2.68. The predicted molar refractivity (Wildman–Crippen MR) is 65.7 cm³/mol. The molecule has 1 aromatic carbocycles. The molecule has 1 rings (SSSR count). The van der Waals surface area contributed by atoms with Crippen LogP contribution in [0.4, 0.5) is 4.39 Å². The van der Waals surface area contributed by atoms with Gasteiger partial charge in [0.1, 0.15) is 11.6 Å². The Balaban J connectivity index is 2.95. The molecule has 0 heterocycles. The quantitative estimate of drug-likeness (QED) is 0.769. The number of nitrogens with one attached hydrogen (secondary N) is 1. The van der Waals surface area contributed by atoms with Gasteiger partial charge in [0, 0.05) is 18.2 Å². The van der Waals surface area contributed by atoms with E-state index in [1.165, 1.54) is 12.1 Å². The van der Waals surface area contributed by atoms with E-state index in [1.54, 1.807) is 13.1 Å². The molecule has 17 heavy (non-hydrogen) atoms. The molecule has 0 aliphatic carbocycles. The fourth-order valence-corrected chi connectivity index (χ4v) is 1.72. The van der Waals surface area contributed by atoms with Crippen LogP contribution in [0.5, 0.6) is 5.75 Å². The van der Waals surface area contributed by atoms with Crippen molar-refractivity contribution in [2.45, 2.75) is 25.8 Å². The first-order valence-electron chi connectivity index (χ1n) is 5.93. The Morgan fingerprint density at radius 3 is 2.82 bits per heavy atom. The zero-order valence-electron chi connectivity index (χ0n) is 10.4. The van der Waals surface area contributed by atoms with Crippen LogP contribution in [0.2, 0.25) is 0 Å². The smallest absolute Gasteiger partial charge is 0.124 e. The Morgan fingerprint density at radius 2 is 2.24 bits per heavy atom. The molecule has 0 aliphatic heterocycles. The molecule has 0 saturated heterocycles. The van der Waals surface area contributed by atoms with Gasteiger partial charge in [0.25, 0.3) is 0 Å². The van der Waals surface area contributed by atoms with Crippen molar-refractivity contribution in [1.82, 2.24) is 5.32 Å². The molecule has 0 fully saturated rings. The second-order valence-corrected chi connectivity index (χ2v) is 3.88.